The molecule has 0 unspecified atom stereocenters. The van der Waals surface area contributed by atoms with E-state index in [9.17, 15) is 13.2 Å². The summed E-state index contributed by atoms with van der Waals surface area (Å²) in [7, 11) is -3.59. The first kappa shape index (κ1) is 12.6. The number of fused-ring (bicyclic) bond motifs is 1. The molecule has 100 valence electrons. The number of benzene rings is 2. The van der Waals surface area contributed by atoms with Crippen molar-refractivity contribution in [2.45, 2.75) is 4.90 Å². The zero-order valence-electron chi connectivity index (χ0n) is 10.4. The Morgan fingerprint density at radius 2 is 1.45 bits per heavy atom. The average molecular weight is 285 g/mol. The largest absolute Gasteiger partial charge is 0.321 e. The van der Waals surface area contributed by atoms with E-state index in [4.69, 9.17) is 0 Å². The summed E-state index contributed by atoms with van der Waals surface area (Å²) < 4.78 is 24.6. The molecule has 5 heteroatoms. The minimum Gasteiger partial charge on any atom is -0.321 e. The molecule has 0 atom stereocenters. The molecule has 0 radical (unpaired) electrons. The van der Waals surface area contributed by atoms with E-state index in [2.05, 4.69) is 5.32 Å². The monoisotopic (exact) mass is 285 g/mol. The van der Waals surface area contributed by atoms with Crippen molar-refractivity contribution in [3.63, 3.8) is 0 Å². The minimum absolute atomic E-state index is 0.200. The van der Waals surface area contributed by atoms with Crippen LogP contribution >= 0.6 is 0 Å². The molecule has 3 rings (SSSR count). The predicted molar refractivity (Wildman–Crippen MR) is 75.5 cm³/mol. The second-order valence-electron chi connectivity index (χ2n) is 4.39. The Bertz CT molecular complexity index is 808. The van der Waals surface area contributed by atoms with Crippen molar-refractivity contribution in [1.29, 1.82) is 0 Å². The van der Waals surface area contributed by atoms with Gasteiger partial charge in [-0.25, -0.2) is 8.42 Å². The van der Waals surface area contributed by atoms with Crippen LogP contribution < -0.4 is 5.32 Å². The van der Waals surface area contributed by atoms with Crippen molar-refractivity contribution < 1.29 is 13.2 Å². The van der Waals surface area contributed by atoms with E-state index in [1.165, 1.54) is 12.1 Å². The summed E-state index contributed by atoms with van der Waals surface area (Å²) in [5, 5.41) is 3.69. The number of amides is 1. The summed E-state index contributed by atoms with van der Waals surface area (Å²) in [6.07, 6.45) is 0. The van der Waals surface area contributed by atoms with Crippen LogP contribution in [0.5, 0.6) is 0 Å². The third-order valence-electron chi connectivity index (χ3n) is 3.05. The standard InChI is InChI=1S/C15H11NO3S/c17-15-13-9-5-4-8-12(13)14(16-15)10-20(18,19)11-6-2-1-3-7-11/h1-10H,(H,16,17)/b14-10-. The molecule has 2 aromatic rings. The van der Waals surface area contributed by atoms with Gasteiger partial charge in [0.15, 0.2) is 0 Å². The van der Waals surface area contributed by atoms with Gasteiger partial charge in [0.05, 0.1) is 16.0 Å². The fourth-order valence-electron chi connectivity index (χ4n) is 2.10. The molecule has 1 aliphatic rings. The van der Waals surface area contributed by atoms with Gasteiger partial charge in [0.25, 0.3) is 5.91 Å². The molecule has 0 bridgehead atoms. The molecular weight excluding hydrogens is 274 g/mol. The van der Waals surface area contributed by atoms with Gasteiger partial charge in [-0.3, -0.25) is 4.79 Å². The van der Waals surface area contributed by atoms with Crippen LogP contribution in [0.1, 0.15) is 15.9 Å². The zero-order chi connectivity index (χ0) is 14.2. The van der Waals surface area contributed by atoms with Crippen molar-refractivity contribution in [2.24, 2.45) is 0 Å². The molecule has 4 nitrogen and oxygen atoms in total. The highest BCUT2D eigenvalue weighted by atomic mass is 32.2. The molecule has 0 aliphatic carbocycles. The normalized spacial score (nSPS) is 16.0. The number of hydrogen-bond donors (Lipinski definition) is 1. The van der Waals surface area contributed by atoms with Crippen molar-refractivity contribution in [3.8, 4) is 0 Å². The molecule has 1 aliphatic heterocycles. The fourth-order valence-corrected chi connectivity index (χ4v) is 3.27. The highest BCUT2D eigenvalue weighted by Crippen LogP contribution is 2.26. The van der Waals surface area contributed by atoms with Crippen molar-refractivity contribution in [1.82, 2.24) is 5.32 Å². The topological polar surface area (TPSA) is 63.2 Å². The number of sulfone groups is 1. The number of hydrogen-bond acceptors (Lipinski definition) is 3. The Morgan fingerprint density at radius 1 is 0.850 bits per heavy atom. The molecule has 2 aromatic carbocycles. The lowest BCUT2D eigenvalue weighted by molar-refractivity contribution is 0.0981. The van der Waals surface area contributed by atoms with Gasteiger partial charge >= 0.3 is 0 Å². The molecule has 0 saturated heterocycles. The smallest absolute Gasteiger partial charge is 0.256 e. The molecule has 1 amide bonds. The van der Waals surface area contributed by atoms with E-state index in [0.29, 0.717) is 16.8 Å². The molecule has 0 fully saturated rings. The first-order chi connectivity index (χ1) is 9.58. The number of rotatable bonds is 2. The van der Waals surface area contributed by atoms with Crippen LogP contribution in [0, 0.1) is 0 Å². The quantitative estimate of drug-likeness (QED) is 0.920. The van der Waals surface area contributed by atoms with Crippen molar-refractivity contribution in [2.75, 3.05) is 0 Å². The average Bonchev–Trinajstić information content (AvgIpc) is 2.76. The molecule has 0 spiro atoms. The summed E-state index contributed by atoms with van der Waals surface area (Å²) in [6, 6.07) is 15.0. The minimum atomic E-state index is -3.59. The maximum absolute atomic E-state index is 12.3. The fraction of sp³-hybridized carbons (Fsp3) is 0. The van der Waals surface area contributed by atoms with Crippen LogP contribution in [0.4, 0.5) is 0 Å². The number of carbonyl (C=O) groups is 1. The van der Waals surface area contributed by atoms with E-state index < -0.39 is 9.84 Å². The Labute approximate surface area is 116 Å². The summed E-state index contributed by atoms with van der Waals surface area (Å²) in [4.78, 5) is 12.0. The molecule has 20 heavy (non-hydrogen) atoms. The Hall–Kier alpha value is -2.40. The van der Waals surface area contributed by atoms with E-state index in [-0.39, 0.29) is 10.8 Å². The predicted octanol–water partition coefficient (Wildman–Crippen LogP) is 2.20. The molecular formula is C15H11NO3S. The number of carbonyl (C=O) groups excluding carboxylic acids is 1. The van der Waals surface area contributed by atoms with Crippen molar-refractivity contribution >= 4 is 21.4 Å². The Morgan fingerprint density at radius 3 is 2.15 bits per heavy atom. The molecule has 1 N–H and O–H groups in total. The van der Waals surface area contributed by atoms with E-state index in [1.54, 1.807) is 42.5 Å². The Balaban J connectivity index is 2.09. The maximum atomic E-state index is 12.3. The highest BCUT2D eigenvalue weighted by molar-refractivity contribution is 7.94. The van der Waals surface area contributed by atoms with Crippen LogP contribution in [0.2, 0.25) is 0 Å². The summed E-state index contributed by atoms with van der Waals surface area (Å²) >= 11 is 0. The maximum Gasteiger partial charge on any atom is 0.256 e. The lowest BCUT2D eigenvalue weighted by Crippen LogP contribution is -2.13. The summed E-state index contributed by atoms with van der Waals surface area (Å²) in [5.41, 5.74) is 1.41. The van der Waals surface area contributed by atoms with Crippen LogP contribution in [-0.4, -0.2) is 14.3 Å². The second-order valence-corrected chi connectivity index (χ2v) is 6.19. The van der Waals surface area contributed by atoms with Gasteiger partial charge in [-0.2, -0.15) is 0 Å². The van der Waals surface area contributed by atoms with E-state index in [1.807, 2.05) is 0 Å². The summed E-state index contributed by atoms with van der Waals surface area (Å²) in [6.45, 7) is 0. The molecule has 0 saturated carbocycles. The van der Waals surface area contributed by atoms with Crippen LogP contribution in [0.3, 0.4) is 0 Å². The first-order valence-electron chi connectivity index (χ1n) is 6.00. The van der Waals surface area contributed by atoms with Crippen molar-refractivity contribution in [3.05, 3.63) is 71.1 Å². The van der Waals surface area contributed by atoms with Gasteiger partial charge in [-0.1, -0.05) is 36.4 Å². The van der Waals surface area contributed by atoms with Crippen LogP contribution in [-0.2, 0) is 9.84 Å². The van der Waals surface area contributed by atoms with Gasteiger partial charge in [0, 0.05) is 11.1 Å². The van der Waals surface area contributed by atoms with E-state index in [0.717, 1.165) is 5.41 Å². The second kappa shape index (κ2) is 4.61. The van der Waals surface area contributed by atoms with Crippen LogP contribution in [0.25, 0.3) is 5.70 Å². The van der Waals surface area contributed by atoms with Gasteiger partial charge in [0.2, 0.25) is 9.84 Å². The van der Waals surface area contributed by atoms with Gasteiger partial charge in [-0.15, -0.1) is 0 Å². The number of nitrogens with one attached hydrogen (secondary N) is 1. The zero-order valence-corrected chi connectivity index (χ0v) is 11.2. The van der Waals surface area contributed by atoms with Gasteiger partial charge < -0.3 is 5.32 Å². The summed E-state index contributed by atoms with van der Waals surface area (Å²) in [5.74, 6) is -0.282. The lowest BCUT2D eigenvalue weighted by atomic mass is 10.1. The molecule has 1 heterocycles. The first-order valence-corrected chi connectivity index (χ1v) is 7.55. The van der Waals surface area contributed by atoms with Gasteiger partial charge in [0.1, 0.15) is 0 Å². The van der Waals surface area contributed by atoms with Gasteiger partial charge in [-0.05, 0) is 18.2 Å². The van der Waals surface area contributed by atoms with Crippen LogP contribution in [0.15, 0.2) is 64.9 Å². The third-order valence-corrected chi connectivity index (χ3v) is 4.53. The third kappa shape index (κ3) is 2.12. The van der Waals surface area contributed by atoms with E-state index >= 15 is 0 Å². The highest BCUT2D eigenvalue weighted by Gasteiger charge is 2.25. The SMILES string of the molecule is O=C1N/C(=C\S(=O)(=O)c2ccccc2)c2ccccc21. The lowest BCUT2D eigenvalue weighted by Gasteiger charge is -2.02. The molecule has 0 aromatic heterocycles. The Kier molecular flexibility index (Phi) is 2.91.